The minimum atomic E-state index is -0.425. The molecule has 0 aromatic heterocycles. The number of likely N-dealkylation sites (tertiary alicyclic amines) is 1. The number of piperidine rings is 1. The number of carbonyl (C=O) groups is 2. The second-order valence-corrected chi connectivity index (χ2v) is 6.77. The van der Waals surface area contributed by atoms with Crippen LogP contribution in [0.3, 0.4) is 0 Å². The lowest BCUT2D eigenvalue weighted by atomic mass is 9.58. The maximum Gasteiger partial charge on any atom is 0.410 e. The van der Waals surface area contributed by atoms with E-state index in [1.807, 2.05) is 20.8 Å². The molecule has 0 aromatic rings. The minimum absolute atomic E-state index is 0.205. The van der Waals surface area contributed by atoms with Crippen LogP contribution in [0.25, 0.3) is 0 Å². The first-order chi connectivity index (χ1) is 8.34. The number of amides is 1. The highest BCUT2D eigenvalue weighted by atomic mass is 16.6. The molecule has 1 spiro atoms. The van der Waals surface area contributed by atoms with Gasteiger partial charge in [-0.25, -0.2) is 4.79 Å². The van der Waals surface area contributed by atoms with Gasteiger partial charge in [0, 0.05) is 19.0 Å². The summed E-state index contributed by atoms with van der Waals surface area (Å²) in [6.07, 6.45) is 4.92. The van der Waals surface area contributed by atoms with Gasteiger partial charge in [-0.3, -0.25) is 0 Å². The van der Waals surface area contributed by atoms with Crippen LogP contribution < -0.4 is 0 Å². The number of nitrogens with zero attached hydrogens (tertiary/aromatic N) is 1. The van der Waals surface area contributed by atoms with Crippen molar-refractivity contribution in [2.24, 2.45) is 11.3 Å². The Morgan fingerprint density at radius 2 is 1.83 bits per heavy atom. The lowest BCUT2D eigenvalue weighted by Gasteiger charge is -2.50. The van der Waals surface area contributed by atoms with Crippen molar-refractivity contribution < 1.29 is 14.3 Å². The van der Waals surface area contributed by atoms with Crippen LogP contribution >= 0.6 is 0 Å². The summed E-state index contributed by atoms with van der Waals surface area (Å²) >= 11 is 0. The number of hydrogen-bond acceptors (Lipinski definition) is 3. The van der Waals surface area contributed by atoms with Crippen LogP contribution in [0.5, 0.6) is 0 Å². The van der Waals surface area contributed by atoms with Gasteiger partial charge < -0.3 is 14.4 Å². The lowest BCUT2D eigenvalue weighted by molar-refractivity contribution is -0.120. The maximum atomic E-state index is 11.9. The van der Waals surface area contributed by atoms with E-state index in [-0.39, 0.29) is 12.0 Å². The Hall–Kier alpha value is -1.06. The number of hydrogen-bond donors (Lipinski definition) is 0. The molecule has 0 aromatic carbocycles. The minimum Gasteiger partial charge on any atom is -0.444 e. The summed E-state index contributed by atoms with van der Waals surface area (Å²) in [6, 6.07) is 0. The van der Waals surface area contributed by atoms with Crippen molar-refractivity contribution in [1.29, 1.82) is 0 Å². The molecule has 0 atom stereocenters. The Morgan fingerprint density at radius 1 is 1.28 bits per heavy atom. The smallest absolute Gasteiger partial charge is 0.410 e. The van der Waals surface area contributed by atoms with Gasteiger partial charge in [-0.15, -0.1) is 0 Å². The molecule has 2 aliphatic rings. The van der Waals surface area contributed by atoms with E-state index in [1.165, 1.54) is 0 Å². The fourth-order valence-electron chi connectivity index (χ4n) is 3.05. The summed E-state index contributed by atoms with van der Waals surface area (Å²) in [4.78, 5) is 24.4. The summed E-state index contributed by atoms with van der Waals surface area (Å²) < 4.78 is 5.37. The third-order valence-electron chi connectivity index (χ3n) is 4.06. The third-order valence-corrected chi connectivity index (χ3v) is 4.06. The highest BCUT2D eigenvalue weighted by Gasteiger charge is 2.46. The molecule has 0 bridgehead atoms. The van der Waals surface area contributed by atoms with Crippen LogP contribution in [-0.4, -0.2) is 36.0 Å². The molecule has 1 aliphatic heterocycles. The van der Waals surface area contributed by atoms with Gasteiger partial charge in [-0.05, 0) is 51.9 Å². The summed E-state index contributed by atoms with van der Waals surface area (Å²) in [5, 5.41) is 0. The van der Waals surface area contributed by atoms with E-state index in [1.54, 1.807) is 4.90 Å². The number of rotatable bonds is 1. The van der Waals surface area contributed by atoms with E-state index in [0.29, 0.717) is 5.41 Å². The van der Waals surface area contributed by atoms with Crippen LogP contribution in [0.2, 0.25) is 0 Å². The topological polar surface area (TPSA) is 46.6 Å². The number of ether oxygens (including phenoxy) is 1. The van der Waals surface area contributed by atoms with Gasteiger partial charge in [0.2, 0.25) is 0 Å². The molecule has 0 N–H and O–H groups in total. The van der Waals surface area contributed by atoms with Crippen LogP contribution in [0.15, 0.2) is 0 Å². The Morgan fingerprint density at radius 3 is 2.28 bits per heavy atom. The maximum absolute atomic E-state index is 11.9. The number of carbonyl (C=O) groups excluding carboxylic acids is 2. The number of aldehydes is 1. The fourth-order valence-corrected chi connectivity index (χ4v) is 3.05. The molecule has 1 amide bonds. The van der Waals surface area contributed by atoms with Gasteiger partial charge in [0.05, 0.1) is 0 Å². The normalized spacial score (nSPS) is 23.6. The van der Waals surface area contributed by atoms with Crippen molar-refractivity contribution in [2.75, 3.05) is 13.1 Å². The zero-order chi connectivity index (χ0) is 13.4. The molecule has 0 radical (unpaired) electrons. The Labute approximate surface area is 109 Å². The first-order valence-corrected chi connectivity index (χ1v) is 6.77. The molecule has 1 saturated carbocycles. The molecule has 1 aliphatic carbocycles. The lowest BCUT2D eigenvalue weighted by Crippen LogP contribution is -2.49. The molecular formula is C14H23NO3. The predicted molar refractivity (Wildman–Crippen MR) is 68.3 cm³/mol. The summed E-state index contributed by atoms with van der Waals surface area (Å²) in [6.45, 7) is 7.19. The van der Waals surface area contributed by atoms with Crippen LogP contribution in [0.1, 0.15) is 46.5 Å². The van der Waals surface area contributed by atoms with E-state index in [2.05, 4.69) is 0 Å². The molecular weight excluding hydrogens is 230 g/mol. The van der Waals surface area contributed by atoms with Crippen molar-refractivity contribution in [2.45, 2.75) is 52.1 Å². The van der Waals surface area contributed by atoms with Crippen molar-refractivity contribution in [3.8, 4) is 0 Å². The van der Waals surface area contributed by atoms with Gasteiger partial charge in [0.1, 0.15) is 11.9 Å². The first kappa shape index (κ1) is 13.4. The predicted octanol–water partition coefficient (Wildman–Crippen LogP) is 2.61. The van der Waals surface area contributed by atoms with Crippen molar-refractivity contribution in [1.82, 2.24) is 4.90 Å². The fraction of sp³-hybridized carbons (Fsp3) is 0.857. The Kier molecular flexibility index (Phi) is 3.39. The molecule has 1 saturated heterocycles. The standard InChI is InChI=1S/C14H23NO3/c1-13(2,3)18-12(17)15-6-4-14(5-7-15)8-11(9-14)10-16/h10-11H,4-9H2,1-3H3. The van der Waals surface area contributed by atoms with Gasteiger partial charge in [-0.2, -0.15) is 0 Å². The van der Waals surface area contributed by atoms with E-state index in [0.717, 1.165) is 45.1 Å². The monoisotopic (exact) mass is 253 g/mol. The molecule has 2 fully saturated rings. The van der Waals surface area contributed by atoms with Crippen LogP contribution in [0, 0.1) is 11.3 Å². The first-order valence-electron chi connectivity index (χ1n) is 6.77. The molecule has 2 rings (SSSR count). The highest BCUT2D eigenvalue weighted by molar-refractivity contribution is 5.68. The Bertz CT molecular complexity index is 329. The zero-order valence-electron chi connectivity index (χ0n) is 11.6. The molecule has 102 valence electrons. The largest absolute Gasteiger partial charge is 0.444 e. The van der Waals surface area contributed by atoms with Gasteiger partial charge in [0.15, 0.2) is 0 Å². The molecule has 18 heavy (non-hydrogen) atoms. The van der Waals surface area contributed by atoms with Gasteiger partial charge >= 0.3 is 6.09 Å². The summed E-state index contributed by atoms with van der Waals surface area (Å²) in [7, 11) is 0. The molecule has 4 heteroatoms. The molecule has 1 heterocycles. The zero-order valence-corrected chi connectivity index (χ0v) is 11.6. The van der Waals surface area contributed by atoms with Gasteiger partial charge in [-0.1, -0.05) is 0 Å². The summed E-state index contributed by atoms with van der Waals surface area (Å²) in [5.74, 6) is 0.262. The van der Waals surface area contributed by atoms with E-state index in [9.17, 15) is 9.59 Å². The average molecular weight is 253 g/mol. The second kappa shape index (κ2) is 4.56. The van der Waals surface area contributed by atoms with Gasteiger partial charge in [0.25, 0.3) is 0 Å². The Balaban J connectivity index is 1.80. The average Bonchev–Trinajstić information content (AvgIpc) is 2.23. The highest BCUT2D eigenvalue weighted by Crippen LogP contribution is 2.51. The van der Waals surface area contributed by atoms with E-state index < -0.39 is 5.60 Å². The molecule has 0 unspecified atom stereocenters. The van der Waals surface area contributed by atoms with E-state index in [4.69, 9.17) is 4.74 Å². The van der Waals surface area contributed by atoms with Crippen molar-refractivity contribution in [3.05, 3.63) is 0 Å². The van der Waals surface area contributed by atoms with Crippen LogP contribution in [-0.2, 0) is 9.53 Å². The molecule has 4 nitrogen and oxygen atoms in total. The van der Waals surface area contributed by atoms with E-state index >= 15 is 0 Å². The van der Waals surface area contributed by atoms with Crippen molar-refractivity contribution in [3.63, 3.8) is 0 Å². The van der Waals surface area contributed by atoms with Crippen molar-refractivity contribution >= 4 is 12.4 Å². The third kappa shape index (κ3) is 2.85. The SMILES string of the molecule is CC(C)(C)OC(=O)N1CCC2(CC1)CC(C=O)C2. The quantitative estimate of drug-likeness (QED) is 0.675. The van der Waals surface area contributed by atoms with Crippen LogP contribution in [0.4, 0.5) is 4.79 Å². The summed E-state index contributed by atoms with van der Waals surface area (Å²) in [5.41, 5.74) is -0.0879. The second-order valence-electron chi connectivity index (χ2n) is 6.77.